The third kappa shape index (κ3) is 3.94. The molecule has 0 radical (unpaired) electrons. The molecule has 0 unspecified atom stereocenters. The molecule has 2 aliphatic rings. The number of carbonyl (C=O) groups excluding carboxylic acids is 2. The lowest BCUT2D eigenvalue weighted by Crippen LogP contribution is -2.55. The van der Waals surface area contributed by atoms with Crippen molar-refractivity contribution in [2.75, 3.05) is 26.2 Å². The normalized spacial score (nSPS) is 23.9. The molecule has 0 N–H and O–H groups in total. The third-order valence-corrected chi connectivity index (χ3v) is 5.91. The van der Waals surface area contributed by atoms with Crippen LogP contribution in [0.3, 0.4) is 0 Å². The molecule has 0 aliphatic carbocycles. The van der Waals surface area contributed by atoms with Crippen LogP contribution in [0.5, 0.6) is 0 Å². The van der Waals surface area contributed by atoms with Crippen LogP contribution < -0.4 is 0 Å². The van der Waals surface area contributed by atoms with Crippen molar-refractivity contribution in [2.24, 2.45) is 11.3 Å². The molecule has 2 fully saturated rings. The average Bonchev–Trinajstić information content (AvgIpc) is 3.11. The van der Waals surface area contributed by atoms with Gasteiger partial charge in [0.1, 0.15) is 5.69 Å². The molecule has 6 nitrogen and oxygen atoms in total. The molecule has 1 aromatic heterocycles. The summed E-state index contributed by atoms with van der Waals surface area (Å²) in [5.74, 6) is 0.956. The number of aryl methyl sites for hydroxylation is 1. The van der Waals surface area contributed by atoms with Gasteiger partial charge in [0.05, 0.1) is 0 Å². The van der Waals surface area contributed by atoms with Crippen molar-refractivity contribution in [3.8, 4) is 0 Å². The Hall–Kier alpha value is -1.85. The molecule has 0 aromatic carbocycles. The van der Waals surface area contributed by atoms with Gasteiger partial charge < -0.3 is 9.80 Å². The number of piperidine rings is 2. The molecule has 1 spiro atoms. The zero-order chi connectivity index (χ0) is 18.7. The van der Waals surface area contributed by atoms with E-state index in [1.807, 2.05) is 22.8 Å². The smallest absolute Gasteiger partial charge is 0.272 e. The highest BCUT2D eigenvalue weighted by atomic mass is 16.2. The Labute approximate surface area is 156 Å². The van der Waals surface area contributed by atoms with E-state index < -0.39 is 0 Å². The maximum absolute atomic E-state index is 13.0. The summed E-state index contributed by atoms with van der Waals surface area (Å²) in [6, 6.07) is 1.81. The summed E-state index contributed by atoms with van der Waals surface area (Å²) < 4.78 is 1.77. The molecule has 2 amide bonds. The van der Waals surface area contributed by atoms with Crippen LogP contribution in [0.1, 0.15) is 63.4 Å². The van der Waals surface area contributed by atoms with E-state index in [0.29, 0.717) is 24.6 Å². The lowest BCUT2D eigenvalue weighted by atomic mass is 9.73. The van der Waals surface area contributed by atoms with Crippen molar-refractivity contribution >= 4 is 11.8 Å². The fourth-order valence-corrected chi connectivity index (χ4v) is 4.36. The zero-order valence-electron chi connectivity index (χ0n) is 16.4. The van der Waals surface area contributed by atoms with Gasteiger partial charge in [-0.25, -0.2) is 0 Å². The summed E-state index contributed by atoms with van der Waals surface area (Å²) in [7, 11) is 0. The minimum Gasteiger partial charge on any atom is -0.342 e. The lowest BCUT2D eigenvalue weighted by Gasteiger charge is -2.48. The maximum Gasteiger partial charge on any atom is 0.272 e. The van der Waals surface area contributed by atoms with Crippen LogP contribution in [0.25, 0.3) is 0 Å². The molecule has 0 bridgehead atoms. The second-order valence-corrected chi connectivity index (χ2v) is 8.36. The van der Waals surface area contributed by atoms with E-state index in [2.05, 4.69) is 18.9 Å². The monoisotopic (exact) mass is 360 g/mol. The fourth-order valence-electron chi connectivity index (χ4n) is 4.36. The molecule has 1 atom stereocenters. The summed E-state index contributed by atoms with van der Waals surface area (Å²) in [6.45, 7) is 10.3. The molecular weight excluding hydrogens is 328 g/mol. The summed E-state index contributed by atoms with van der Waals surface area (Å²) in [6.07, 6.45) is 6.38. The van der Waals surface area contributed by atoms with Crippen LogP contribution in [0.15, 0.2) is 12.3 Å². The fraction of sp³-hybridized carbons (Fsp3) is 0.750. The largest absolute Gasteiger partial charge is 0.342 e. The van der Waals surface area contributed by atoms with Crippen LogP contribution >= 0.6 is 0 Å². The zero-order valence-corrected chi connectivity index (χ0v) is 16.4. The van der Waals surface area contributed by atoms with Crippen LogP contribution in [0, 0.1) is 11.3 Å². The standard InChI is InChI=1S/C20H32N4O2/c1-4-24-17(7-11-21-24)19(26)23-12-5-9-20(15-23)10-6-18(25)22(14-20)13-8-16(2)3/h7,11,16H,4-6,8-10,12-15H2,1-3H3/t20-/m0/s1. The molecule has 144 valence electrons. The highest BCUT2D eigenvalue weighted by Crippen LogP contribution is 2.39. The molecule has 2 saturated heterocycles. The van der Waals surface area contributed by atoms with Gasteiger partial charge in [0.25, 0.3) is 5.91 Å². The molecule has 3 rings (SSSR count). The number of likely N-dealkylation sites (tertiary alicyclic amines) is 2. The third-order valence-electron chi connectivity index (χ3n) is 5.91. The summed E-state index contributed by atoms with van der Waals surface area (Å²) in [5, 5.41) is 4.23. The van der Waals surface area contributed by atoms with Crippen molar-refractivity contribution in [1.82, 2.24) is 19.6 Å². The Balaban J connectivity index is 1.70. The summed E-state index contributed by atoms with van der Waals surface area (Å²) in [5.41, 5.74) is 0.740. The van der Waals surface area contributed by atoms with E-state index in [1.54, 1.807) is 10.9 Å². The second kappa shape index (κ2) is 7.80. The SMILES string of the molecule is CCn1nccc1C(=O)N1CCC[C@@]2(CCC(=O)N(CCC(C)C)C2)C1. The predicted molar refractivity (Wildman–Crippen MR) is 101 cm³/mol. The Bertz CT molecular complexity index is 654. The van der Waals surface area contributed by atoms with Gasteiger partial charge in [0.15, 0.2) is 0 Å². The molecular formula is C20H32N4O2. The number of hydrogen-bond acceptors (Lipinski definition) is 3. The van der Waals surface area contributed by atoms with E-state index in [0.717, 1.165) is 51.9 Å². The van der Waals surface area contributed by atoms with Crippen LogP contribution in [0.4, 0.5) is 0 Å². The highest BCUT2D eigenvalue weighted by Gasteiger charge is 2.43. The van der Waals surface area contributed by atoms with E-state index in [1.165, 1.54) is 0 Å². The van der Waals surface area contributed by atoms with Crippen LogP contribution in [0.2, 0.25) is 0 Å². The van der Waals surface area contributed by atoms with Gasteiger partial charge in [-0.1, -0.05) is 13.8 Å². The Morgan fingerprint density at radius 1 is 1.31 bits per heavy atom. The summed E-state index contributed by atoms with van der Waals surface area (Å²) in [4.78, 5) is 29.4. The van der Waals surface area contributed by atoms with Crippen LogP contribution in [-0.4, -0.2) is 57.6 Å². The van der Waals surface area contributed by atoms with E-state index in [9.17, 15) is 9.59 Å². The Kier molecular flexibility index (Phi) is 5.68. The predicted octanol–water partition coefficient (Wildman–Crippen LogP) is 2.79. The number of nitrogens with zero attached hydrogens (tertiary/aromatic N) is 4. The van der Waals surface area contributed by atoms with E-state index in [-0.39, 0.29) is 17.2 Å². The van der Waals surface area contributed by atoms with Crippen molar-refractivity contribution in [1.29, 1.82) is 0 Å². The minimum atomic E-state index is 0.0653. The Morgan fingerprint density at radius 2 is 2.12 bits per heavy atom. The highest BCUT2D eigenvalue weighted by molar-refractivity contribution is 5.92. The minimum absolute atomic E-state index is 0.0653. The molecule has 6 heteroatoms. The Morgan fingerprint density at radius 3 is 2.85 bits per heavy atom. The molecule has 0 saturated carbocycles. The molecule has 3 heterocycles. The quantitative estimate of drug-likeness (QED) is 0.811. The first-order valence-electron chi connectivity index (χ1n) is 10.0. The van der Waals surface area contributed by atoms with E-state index >= 15 is 0 Å². The topological polar surface area (TPSA) is 58.4 Å². The van der Waals surface area contributed by atoms with Crippen molar-refractivity contribution in [3.05, 3.63) is 18.0 Å². The van der Waals surface area contributed by atoms with Gasteiger partial charge in [0.2, 0.25) is 5.91 Å². The number of rotatable bonds is 5. The van der Waals surface area contributed by atoms with Gasteiger partial charge in [-0.2, -0.15) is 5.10 Å². The van der Waals surface area contributed by atoms with Crippen molar-refractivity contribution < 1.29 is 9.59 Å². The van der Waals surface area contributed by atoms with Gasteiger partial charge in [-0.3, -0.25) is 14.3 Å². The number of amides is 2. The number of aromatic nitrogens is 2. The van der Waals surface area contributed by atoms with Gasteiger partial charge >= 0.3 is 0 Å². The molecule has 26 heavy (non-hydrogen) atoms. The molecule has 1 aromatic rings. The maximum atomic E-state index is 13.0. The van der Waals surface area contributed by atoms with Crippen LogP contribution in [-0.2, 0) is 11.3 Å². The summed E-state index contributed by atoms with van der Waals surface area (Å²) >= 11 is 0. The lowest BCUT2D eigenvalue weighted by molar-refractivity contribution is -0.139. The van der Waals surface area contributed by atoms with Crippen molar-refractivity contribution in [3.63, 3.8) is 0 Å². The van der Waals surface area contributed by atoms with Crippen molar-refractivity contribution in [2.45, 2.75) is 59.4 Å². The van der Waals surface area contributed by atoms with Gasteiger partial charge in [-0.15, -0.1) is 0 Å². The van der Waals surface area contributed by atoms with E-state index in [4.69, 9.17) is 0 Å². The first-order chi connectivity index (χ1) is 12.4. The molecule has 2 aliphatic heterocycles. The van der Waals surface area contributed by atoms with Gasteiger partial charge in [-0.05, 0) is 44.6 Å². The first-order valence-corrected chi connectivity index (χ1v) is 10.0. The average molecular weight is 361 g/mol. The number of hydrogen-bond donors (Lipinski definition) is 0. The first kappa shape index (κ1) is 18.9. The van der Waals surface area contributed by atoms with Gasteiger partial charge in [0, 0.05) is 50.8 Å². The second-order valence-electron chi connectivity index (χ2n) is 8.36. The number of carbonyl (C=O) groups is 2.